The van der Waals surface area contributed by atoms with Gasteiger partial charge in [-0.3, -0.25) is 4.90 Å². The minimum Gasteiger partial charge on any atom is -0.374 e. The Hall–Kier alpha value is -0.260. The van der Waals surface area contributed by atoms with Crippen LogP contribution < -0.4 is 5.32 Å². The molecule has 3 nitrogen and oxygen atoms in total. The van der Waals surface area contributed by atoms with Crippen molar-refractivity contribution in [2.45, 2.75) is 57.2 Å². The average molecular weight is 262 g/mol. The molecule has 0 spiro atoms. The summed E-state index contributed by atoms with van der Waals surface area (Å²) in [5, 5.41) is 3.53. The smallest absolute Gasteiger partial charge is 0.261 e. The highest BCUT2D eigenvalue weighted by Crippen LogP contribution is 2.35. The van der Waals surface area contributed by atoms with Crippen molar-refractivity contribution in [1.29, 1.82) is 0 Å². The predicted molar refractivity (Wildman–Crippen MR) is 67.0 cm³/mol. The Bertz CT molecular complexity index is 239. The number of fused-ring (bicyclic) bond motifs is 2. The number of hydrogen-bond acceptors (Lipinski definition) is 3. The molecule has 0 radical (unpaired) electrons. The van der Waals surface area contributed by atoms with Gasteiger partial charge in [0.2, 0.25) is 0 Å². The molecular weight excluding hydrogens is 238 g/mol. The normalized spacial score (nSPS) is 32.3. The van der Waals surface area contributed by atoms with Crippen LogP contribution in [-0.2, 0) is 4.74 Å². The van der Waals surface area contributed by atoms with Gasteiger partial charge in [0.15, 0.2) is 0 Å². The fourth-order valence-corrected chi connectivity index (χ4v) is 3.44. The number of alkyl halides is 2. The Labute approximate surface area is 108 Å². The Morgan fingerprint density at radius 2 is 1.94 bits per heavy atom. The van der Waals surface area contributed by atoms with E-state index in [9.17, 15) is 8.78 Å². The molecule has 5 heteroatoms. The molecule has 18 heavy (non-hydrogen) atoms. The van der Waals surface area contributed by atoms with Crippen LogP contribution in [0.3, 0.4) is 0 Å². The molecule has 0 aromatic rings. The predicted octanol–water partition coefficient (Wildman–Crippen LogP) is 1.87. The van der Waals surface area contributed by atoms with Gasteiger partial charge in [-0.15, -0.1) is 0 Å². The summed E-state index contributed by atoms with van der Waals surface area (Å²) in [6.45, 7) is 3.99. The molecule has 0 amide bonds. The zero-order valence-electron chi connectivity index (χ0n) is 11.1. The van der Waals surface area contributed by atoms with E-state index in [1.54, 1.807) is 0 Å². The van der Waals surface area contributed by atoms with E-state index in [4.69, 9.17) is 4.74 Å². The van der Waals surface area contributed by atoms with Crippen molar-refractivity contribution < 1.29 is 13.5 Å². The van der Waals surface area contributed by atoms with Crippen LogP contribution in [0.15, 0.2) is 0 Å². The van der Waals surface area contributed by atoms with Gasteiger partial charge in [-0.25, -0.2) is 8.78 Å². The number of ether oxygens (including phenoxy) is 1. The molecule has 2 aliphatic heterocycles. The van der Waals surface area contributed by atoms with Crippen LogP contribution in [0.4, 0.5) is 8.78 Å². The summed E-state index contributed by atoms with van der Waals surface area (Å²) in [6, 6.07) is 1.90. The topological polar surface area (TPSA) is 24.5 Å². The minimum absolute atomic E-state index is 0.427. The molecule has 2 unspecified atom stereocenters. The van der Waals surface area contributed by atoms with Gasteiger partial charge in [-0.1, -0.05) is 6.92 Å². The van der Waals surface area contributed by atoms with E-state index in [-0.39, 0.29) is 0 Å². The van der Waals surface area contributed by atoms with Crippen molar-refractivity contribution in [2.24, 2.45) is 0 Å². The van der Waals surface area contributed by atoms with E-state index in [2.05, 4.69) is 17.1 Å². The number of nitrogens with zero attached hydrogens (tertiary/aromatic N) is 1. The van der Waals surface area contributed by atoms with Crippen LogP contribution in [0.25, 0.3) is 0 Å². The molecule has 0 aromatic carbocycles. The van der Waals surface area contributed by atoms with Crippen molar-refractivity contribution in [3.05, 3.63) is 0 Å². The minimum atomic E-state index is -2.35. The lowest BCUT2D eigenvalue weighted by Crippen LogP contribution is -2.50. The molecule has 2 fully saturated rings. The second-order valence-corrected chi connectivity index (χ2v) is 5.31. The number of piperidine rings is 1. The molecule has 106 valence electrons. The van der Waals surface area contributed by atoms with Crippen LogP contribution in [0, 0.1) is 0 Å². The SMILES string of the molecule is CCNC1CC2CCC(C1)N2CCOCC(F)F. The van der Waals surface area contributed by atoms with Crippen molar-refractivity contribution in [3.63, 3.8) is 0 Å². The summed E-state index contributed by atoms with van der Waals surface area (Å²) in [5.41, 5.74) is 0. The molecule has 2 rings (SSSR count). The van der Waals surface area contributed by atoms with Crippen LogP contribution in [-0.4, -0.2) is 55.8 Å². The van der Waals surface area contributed by atoms with Gasteiger partial charge in [0.25, 0.3) is 6.43 Å². The summed E-state index contributed by atoms with van der Waals surface area (Å²) >= 11 is 0. The molecule has 2 aliphatic rings. The lowest BCUT2D eigenvalue weighted by Gasteiger charge is -2.39. The van der Waals surface area contributed by atoms with Gasteiger partial charge >= 0.3 is 0 Å². The van der Waals surface area contributed by atoms with Crippen LogP contribution >= 0.6 is 0 Å². The maximum Gasteiger partial charge on any atom is 0.261 e. The molecule has 0 aromatic heterocycles. The van der Waals surface area contributed by atoms with Crippen molar-refractivity contribution in [2.75, 3.05) is 26.3 Å². The lowest BCUT2D eigenvalue weighted by atomic mass is 9.97. The van der Waals surface area contributed by atoms with E-state index in [1.165, 1.54) is 25.7 Å². The maximum atomic E-state index is 12.0. The van der Waals surface area contributed by atoms with E-state index < -0.39 is 13.0 Å². The molecular formula is C13H24F2N2O. The van der Waals surface area contributed by atoms with Crippen LogP contribution in [0.1, 0.15) is 32.6 Å². The van der Waals surface area contributed by atoms with E-state index >= 15 is 0 Å². The van der Waals surface area contributed by atoms with Gasteiger partial charge < -0.3 is 10.1 Å². The summed E-state index contributed by atoms with van der Waals surface area (Å²) in [4.78, 5) is 2.47. The number of rotatable bonds is 7. The van der Waals surface area contributed by atoms with Gasteiger partial charge in [0.05, 0.1) is 6.61 Å². The van der Waals surface area contributed by atoms with Crippen molar-refractivity contribution in [3.8, 4) is 0 Å². The highest BCUT2D eigenvalue weighted by atomic mass is 19.3. The second kappa shape index (κ2) is 6.78. The van der Waals surface area contributed by atoms with Gasteiger partial charge in [0, 0.05) is 24.7 Å². The third-order valence-electron chi connectivity index (χ3n) is 4.11. The van der Waals surface area contributed by atoms with E-state index in [0.29, 0.717) is 24.7 Å². The first-order valence-corrected chi connectivity index (χ1v) is 7.05. The molecule has 2 atom stereocenters. The molecule has 2 bridgehead atoms. The highest BCUT2D eigenvalue weighted by Gasteiger charge is 2.39. The fourth-order valence-electron chi connectivity index (χ4n) is 3.44. The third-order valence-corrected chi connectivity index (χ3v) is 4.11. The maximum absolute atomic E-state index is 12.0. The number of nitrogens with one attached hydrogen (secondary N) is 1. The average Bonchev–Trinajstić information content (AvgIpc) is 2.57. The Morgan fingerprint density at radius 1 is 1.28 bits per heavy atom. The molecule has 2 heterocycles. The molecule has 2 saturated heterocycles. The number of halogens is 2. The Kier molecular flexibility index (Phi) is 5.33. The highest BCUT2D eigenvalue weighted by molar-refractivity contribution is 4.97. The monoisotopic (exact) mass is 262 g/mol. The first kappa shape index (κ1) is 14.2. The molecule has 0 aliphatic carbocycles. The standard InChI is InChI=1S/C13H24F2N2O/c1-2-16-10-7-11-3-4-12(8-10)17(11)5-6-18-9-13(14)15/h10-13,16H,2-9H2,1H3. The molecule has 0 saturated carbocycles. The number of hydrogen-bond donors (Lipinski definition) is 1. The Balaban J connectivity index is 1.71. The van der Waals surface area contributed by atoms with E-state index in [0.717, 1.165) is 13.1 Å². The summed E-state index contributed by atoms with van der Waals surface area (Å²) in [7, 11) is 0. The summed E-state index contributed by atoms with van der Waals surface area (Å²) in [6.07, 6.45) is 2.54. The van der Waals surface area contributed by atoms with Gasteiger partial charge in [-0.2, -0.15) is 0 Å². The zero-order chi connectivity index (χ0) is 13.0. The molecule has 1 N–H and O–H groups in total. The van der Waals surface area contributed by atoms with Crippen molar-refractivity contribution in [1.82, 2.24) is 10.2 Å². The van der Waals surface area contributed by atoms with Crippen molar-refractivity contribution >= 4 is 0 Å². The second-order valence-electron chi connectivity index (χ2n) is 5.31. The Morgan fingerprint density at radius 3 is 2.50 bits per heavy atom. The summed E-state index contributed by atoms with van der Waals surface area (Å²) < 4.78 is 28.9. The fraction of sp³-hybridized carbons (Fsp3) is 1.00. The van der Waals surface area contributed by atoms with Crippen LogP contribution in [0.2, 0.25) is 0 Å². The first-order valence-electron chi connectivity index (χ1n) is 7.05. The first-order chi connectivity index (χ1) is 8.70. The van der Waals surface area contributed by atoms with Gasteiger partial charge in [0.1, 0.15) is 6.61 Å². The quantitative estimate of drug-likeness (QED) is 0.709. The largest absolute Gasteiger partial charge is 0.374 e. The summed E-state index contributed by atoms with van der Waals surface area (Å²) in [5.74, 6) is 0. The van der Waals surface area contributed by atoms with E-state index in [1.807, 2.05) is 0 Å². The van der Waals surface area contributed by atoms with Gasteiger partial charge in [-0.05, 0) is 32.2 Å². The lowest BCUT2D eigenvalue weighted by molar-refractivity contribution is -0.000344. The third kappa shape index (κ3) is 3.62. The van der Waals surface area contributed by atoms with Crippen LogP contribution in [0.5, 0.6) is 0 Å². The zero-order valence-corrected chi connectivity index (χ0v) is 11.1.